The third kappa shape index (κ3) is 3.90. The van der Waals surface area contributed by atoms with Crippen molar-refractivity contribution < 1.29 is 18.3 Å². The standard InChI is InChI=1S/C14H13ClN2O4S/c1-21-14-7-2-10(8-13(14)18)9-16-17-22(19,20)12-5-3-11(15)4-6-12/h2-9,17-18H,1H3. The van der Waals surface area contributed by atoms with Crippen LogP contribution in [0.15, 0.2) is 52.5 Å². The average molecular weight is 341 g/mol. The molecular formula is C14H13ClN2O4S. The molecule has 22 heavy (non-hydrogen) atoms. The Labute approximate surface area is 133 Å². The van der Waals surface area contributed by atoms with Crippen LogP contribution in [0.4, 0.5) is 0 Å². The van der Waals surface area contributed by atoms with Gasteiger partial charge in [-0.05, 0) is 48.0 Å². The first kappa shape index (κ1) is 16.1. The van der Waals surface area contributed by atoms with Gasteiger partial charge in [-0.1, -0.05) is 11.6 Å². The fourth-order valence-corrected chi connectivity index (χ4v) is 2.54. The highest BCUT2D eigenvalue weighted by Gasteiger charge is 2.12. The van der Waals surface area contributed by atoms with Crippen molar-refractivity contribution in [1.29, 1.82) is 0 Å². The number of methoxy groups -OCH3 is 1. The van der Waals surface area contributed by atoms with Gasteiger partial charge in [0.2, 0.25) is 0 Å². The molecule has 0 spiro atoms. The molecule has 2 aromatic carbocycles. The smallest absolute Gasteiger partial charge is 0.276 e. The SMILES string of the molecule is COc1ccc(C=NNS(=O)(=O)c2ccc(Cl)cc2)cc1O. The summed E-state index contributed by atoms with van der Waals surface area (Å²) >= 11 is 5.71. The van der Waals surface area contributed by atoms with Crippen LogP contribution in [0.1, 0.15) is 5.56 Å². The van der Waals surface area contributed by atoms with E-state index in [0.29, 0.717) is 16.3 Å². The van der Waals surface area contributed by atoms with E-state index in [-0.39, 0.29) is 10.6 Å². The second-order valence-electron chi connectivity index (χ2n) is 4.24. The van der Waals surface area contributed by atoms with Crippen molar-refractivity contribution in [2.45, 2.75) is 4.90 Å². The van der Waals surface area contributed by atoms with Crippen molar-refractivity contribution in [3.63, 3.8) is 0 Å². The number of hydrazone groups is 1. The Morgan fingerprint density at radius 1 is 1.23 bits per heavy atom. The van der Waals surface area contributed by atoms with Crippen LogP contribution in [0.3, 0.4) is 0 Å². The molecule has 0 radical (unpaired) electrons. The summed E-state index contributed by atoms with van der Waals surface area (Å²) in [6, 6.07) is 10.3. The molecule has 0 amide bonds. The highest BCUT2D eigenvalue weighted by Crippen LogP contribution is 2.25. The molecule has 0 atom stereocenters. The average Bonchev–Trinajstić information content (AvgIpc) is 2.48. The minimum atomic E-state index is -3.76. The van der Waals surface area contributed by atoms with Crippen LogP contribution in [0.2, 0.25) is 5.02 Å². The minimum Gasteiger partial charge on any atom is -0.504 e. The lowest BCUT2D eigenvalue weighted by atomic mass is 10.2. The number of hydrogen-bond acceptors (Lipinski definition) is 5. The number of benzene rings is 2. The molecule has 0 saturated carbocycles. The van der Waals surface area contributed by atoms with Gasteiger partial charge in [-0.3, -0.25) is 0 Å². The number of hydrogen-bond donors (Lipinski definition) is 2. The number of nitrogens with zero attached hydrogens (tertiary/aromatic N) is 1. The van der Waals surface area contributed by atoms with E-state index >= 15 is 0 Å². The summed E-state index contributed by atoms with van der Waals surface area (Å²) in [5.41, 5.74) is 0.511. The van der Waals surface area contributed by atoms with Gasteiger partial charge in [0, 0.05) is 5.02 Å². The van der Waals surface area contributed by atoms with Crippen molar-refractivity contribution in [3.05, 3.63) is 53.1 Å². The van der Waals surface area contributed by atoms with Crippen molar-refractivity contribution >= 4 is 27.8 Å². The van der Waals surface area contributed by atoms with Crippen LogP contribution in [0.5, 0.6) is 11.5 Å². The maximum Gasteiger partial charge on any atom is 0.276 e. The van der Waals surface area contributed by atoms with Crippen molar-refractivity contribution in [3.8, 4) is 11.5 Å². The van der Waals surface area contributed by atoms with Crippen molar-refractivity contribution in [2.24, 2.45) is 5.10 Å². The summed E-state index contributed by atoms with van der Waals surface area (Å²) < 4.78 is 28.8. The largest absolute Gasteiger partial charge is 0.504 e. The highest BCUT2D eigenvalue weighted by atomic mass is 35.5. The maximum atomic E-state index is 12.0. The molecule has 0 aliphatic carbocycles. The van der Waals surface area contributed by atoms with Gasteiger partial charge >= 0.3 is 0 Å². The zero-order valence-corrected chi connectivity index (χ0v) is 13.1. The number of ether oxygens (including phenoxy) is 1. The topological polar surface area (TPSA) is 88.0 Å². The molecule has 0 aliphatic rings. The molecule has 6 nitrogen and oxygen atoms in total. The third-order valence-corrected chi connectivity index (χ3v) is 4.20. The van der Waals surface area contributed by atoms with Crippen LogP contribution in [0.25, 0.3) is 0 Å². The highest BCUT2D eigenvalue weighted by molar-refractivity contribution is 7.89. The zero-order chi connectivity index (χ0) is 16.2. The molecular weight excluding hydrogens is 328 g/mol. The Morgan fingerprint density at radius 3 is 2.50 bits per heavy atom. The first-order chi connectivity index (χ1) is 10.4. The van der Waals surface area contributed by atoms with Gasteiger partial charge in [0.25, 0.3) is 10.0 Å². The van der Waals surface area contributed by atoms with Gasteiger partial charge < -0.3 is 9.84 Å². The summed E-state index contributed by atoms with van der Waals surface area (Å²) in [7, 11) is -2.33. The Kier molecular flexibility index (Phi) is 4.89. The van der Waals surface area contributed by atoms with Gasteiger partial charge in [0.15, 0.2) is 11.5 Å². The predicted molar refractivity (Wildman–Crippen MR) is 84.0 cm³/mol. The number of halogens is 1. The van der Waals surface area contributed by atoms with Crippen LogP contribution in [-0.4, -0.2) is 26.8 Å². The predicted octanol–water partition coefficient (Wildman–Crippen LogP) is 2.37. The Hall–Kier alpha value is -2.25. The third-order valence-electron chi connectivity index (χ3n) is 2.71. The molecule has 0 aromatic heterocycles. The summed E-state index contributed by atoms with van der Waals surface area (Å²) in [5.74, 6) is 0.255. The monoisotopic (exact) mass is 340 g/mol. The van der Waals surface area contributed by atoms with E-state index in [1.807, 2.05) is 0 Å². The summed E-state index contributed by atoms with van der Waals surface area (Å²) in [6.45, 7) is 0. The summed E-state index contributed by atoms with van der Waals surface area (Å²) in [4.78, 5) is 2.12. The lowest BCUT2D eigenvalue weighted by molar-refractivity contribution is 0.373. The number of aromatic hydroxyl groups is 1. The van der Waals surface area contributed by atoms with Gasteiger partial charge in [-0.25, -0.2) is 4.83 Å². The van der Waals surface area contributed by atoms with E-state index < -0.39 is 10.0 Å². The van der Waals surface area contributed by atoms with Gasteiger partial charge in [0.1, 0.15) is 0 Å². The lowest BCUT2D eigenvalue weighted by Crippen LogP contribution is -2.18. The first-order valence-electron chi connectivity index (χ1n) is 6.10. The molecule has 8 heteroatoms. The zero-order valence-electron chi connectivity index (χ0n) is 11.5. The normalized spacial score (nSPS) is 11.5. The molecule has 0 bridgehead atoms. The second kappa shape index (κ2) is 6.67. The van der Waals surface area contributed by atoms with Gasteiger partial charge in [-0.15, -0.1) is 0 Å². The quantitative estimate of drug-likeness (QED) is 0.646. The fraction of sp³-hybridized carbons (Fsp3) is 0.0714. The maximum absolute atomic E-state index is 12.0. The molecule has 2 rings (SSSR count). The van der Waals surface area contributed by atoms with E-state index in [4.69, 9.17) is 16.3 Å². The van der Waals surface area contributed by atoms with E-state index in [0.717, 1.165) is 0 Å². The van der Waals surface area contributed by atoms with Gasteiger partial charge in [-0.2, -0.15) is 13.5 Å². The van der Waals surface area contributed by atoms with Crippen LogP contribution in [-0.2, 0) is 10.0 Å². The van der Waals surface area contributed by atoms with E-state index in [1.54, 1.807) is 12.1 Å². The first-order valence-corrected chi connectivity index (χ1v) is 7.96. The molecule has 0 saturated heterocycles. The number of phenolic OH excluding ortho intramolecular Hbond substituents is 1. The van der Waals surface area contributed by atoms with E-state index in [9.17, 15) is 13.5 Å². The second-order valence-corrected chi connectivity index (χ2v) is 6.34. The number of nitrogens with one attached hydrogen (secondary N) is 1. The van der Waals surface area contributed by atoms with Crippen molar-refractivity contribution in [2.75, 3.05) is 7.11 Å². The number of phenols is 1. The summed E-state index contributed by atoms with van der Waals surface area (Å²) in [6.07, 6.45) is 1.27. The molecule has 0 fully saturated rings. The molecule has 116 valence electrons. The summed E-state index contributed by atoms with van der Waals surface area (Å²) in [5, 5.41) is 13.7. The minimum absolute atomic E-state index is 0.0478. The van der Waals surface area contributed by atoms with Crippen LogP contribution < -0.4 is 9.57 Å². The molecule has 0 heterocycles. The number of sulfonamides is 1. The van der Waals surface area contributed by atoms with Gasteiger partial charge in [0.05, 0.1) is 18.2 Å². The van der Waals surface area contributed by atoms with Crippen LogP contribution in [0, 0.1) is 0 Å². The molecule has 0 aliphatic heterocycles. The van der Waals surface area contributed by atoms with Crippen molar-refractivity contribution in [1.82, 2.24) is 4.83 Å². The Balaban J connectivity index is 2.11. The van der Waals surface area contributed by atoms with E-state index in [1.165, 1.54) is 43.7 Å². The molecule has 2 N–H and O–H groups in total. The lowest BCUT2D eigenvalue weighted by Gasteiger charge is -2.04. The van der Waals surface area contributed by atoms with E-state index in [2.05, 4.69) is 9.93 Å². The molecule has 0 unspecified atom stereocenters. The Bertz CT molecular complexity index is 789. The fourth-order valence-electron chi connectivity index (χ4n) is 1.62. The molecule has 2 aromatic rings. The van der Waals surface area contributed by atoms with Crippen LogP contribution >= 0.6 is 11.6 Å². The number of rotatable bonds is 5. The Morgan fingerprint density at radius 2 is 1.91 bits per heavy atom.